The predicted molar refractivity (Wildman–Crippen MR) is 97.1 cm³/mol. The number of carbonyl (C=O) groups excluding carboxylic acids is 1. The van der Waals surface area contributed by atoms with Crippen molar-refractivity contribution in [2.24, 2.45) is 7.05 Å². The number of anilines is 1. The summed E-state index contributed by atoms with van der Waals surface area (Å²) in [7, 11) is 1.71. The maximum atomic E-state index is 13.8. The summed E-state index contributed by atoms with van der Waals surface area (Å²) in [6.07, 6.45) is 1.60. The molecule has 1 aliphatic rings. The summed E-state index contributed by atoms with van der Waals surface area (Å²) in [6.45, 7) is 3.74. The Morgan fingerprint density at radius 2 is 2.19 bits per heavy atom. The number of carbonyl (C=O) groups is 1. The Morgan fingerprint density at radius 1 is 1.46 bits per heavy atom. The fraction of sp³-hybridized carbons (Fsp3) is 0.111. The molecule has 1 aliphatic heterocycles. The maximum Gasteiger partial charge on any atom is 0.256 e. The number of fused-ring (bicyclic) bond motifs is 3. The molecule has 0 spiro atoms. The Labute approximate surface area is 152 Å². The Hall–Kier alpha value is -2.90. The van der Waals surface area contributed by atoms with Gasteiger partial charge in [0.05, 0.1) is 11.3 Å². The first kappa shape index (κ1) is 16.6. The van der Waals surface area contributed by atoms with E-state index in [-0.39, 0.29) is 27.4 Å². The van der Waals surface area contributed by atoms with Gasteiger partial charge in [-0.1, -0.05) is 18.2 Å². The smallest absolute Gasteiger partial charge is 0.256 e. The standard InChI is InChI=1S/C18H14ClFN4O2/c1-3-13-9-7-12(21)15-14(16(9)23-24(13)2)17(25)22-18(15,26)10-6-8(20)4-5-11(10)19/h3-7,26H,1,21H2,2H3,(H,22,25). The first-order valence-electron chi connectivity index (χ1n) is 7.70. The molecule has 8 heteroatoms. The number of amides is 1. The number of aliphatic hydroxyl groups is 1. The van der Waals surface area contributed by atoms with Crippen LogP contribution in [-0.4, -0.2) is 20.8 Å². The molecular weight excluding hydrogens is 359 g/mol. The maximum absolute atomic E-state index is 13.8. The van der Waals surface area contributed by atoms with Crippen LogP contribution in [-0.2, 0) is 12.8 Å². The quantitative estimate of drug-likeness (QED) is 0.603. The van der Waals surface area contributed by atoms with Crippen LogP contribution in [0.5, 0.6) is 0 Å². The molecule has 6 nitrogen and oxygen atoms in total. The minimum absolute atomic E-state index is 0.00260. The van der Waals surface area contributed by atoms with Crippen LogP contribution >= 0.6 is 11.6 Å². The molecule has 3 aromatic rings. The van der Waals surface area contributed by atoms with E-state index in [2.05, 4.69) is 17.0 Å². The third-order valence-corrected chi connectivity index (χ3v) is 4.93. The average Bonchev–Trinajstić information content (AvgIpc) is 3.04. The van der Waals surface area contributed by atoms with Crippen LogP contribution in [0, 0.1) is 5.82 Å². The van der Waals surface area contributed by atoms with Crippen LogP contribution in [0.2, 0.25) is 5.02 Å². The van der Waals surface area contributed by atoms with Crippen molar-refractivity contribution in [2.45, 2.75) is 5.72 Å². The second kappa shape index (κ2) is 5.30. The lowest BCUT2D eigenvalue weighted by Crippen LogP contribution is -2.40. The molecule has 0 radical (unpaired) electrons. The second-order valence-corrected chi connectivity index (χ2v) is 6.52. The Morgan fingerprint density at radius 3 is 2.88 bits per heavy atom. The number of hydrogen-bond donors (Lipinski definition) is 3. The highest BCUT2D eigenvalue weighted by Crippen LogP contribution is 2.44. The molecule has 1 amide bonds. The van der Waals surface area contributed by atoms with Crippen molar-refractivity contribution in [3.63, 3.8) is 0 Å². The van der Waals surface area contributed by atoms with Gasteiger partial charge in [-0.05, 0) is 30.3 Å². The van der Waals surface area contributed by atoms with Crippen molar-refractivity contribution < 1.29 is 14.3 Å². The lowest BCUT2D eigenvalue weighted by atomic mass is 9.91. The van der Waals surface area contributed by atoms with Crippen LogP contribution in [0.4, 0.5) is 10.1 Å². The van der Waals surface area contributed by atoms with Crippen molar-refractivity contribution in [3.8, 4) is 0 Å². The number of nitrogens with zero attached hydrogens (tertiary/aromatic N) is 2. The normalized spacial score (nSPS) is 18.8. The molecule has 26 heavy (non-hydrogen) atoms. The summed E-state index contributed by atoms with van der Waals surface area (Å²) in [6, 6.07) is 5.14. The highest BCUT2D eigenvalue weighted by atomic mass is 35.5. The van der Waals surface area contributed by atoms with Crippen LogP contribution in [0.3, 0.4) is 0 Å². The van der Waals surface area contributed by atoms with E-state index >= 15 is 0 Å². The van der Waals surface area contributed by atoms with E-state index in [0.717, 1.165) is 12.1 Å². The first-order chi connectivity index (χ1) is 12.3. The number of nitrogens with two attached hydrogens (primary N) is 1. The molecule has 1 aromatic heterocycles. The summed E-state index contributed by atoms with van der Waals surface area (Å²) in [5.41, 5.74) is 5.56. The molecule has 1 unspecified atom stereocenters. The number of aryl methyl sites for hydroxylation is 1. The van der Waals surface area contributed by atoms with Gasteiger partial charge in [-0.2, -0.15) is 5.10 Å². The van der Waals surface area contributed by atoms with E-state index in [1.807, 2.05) is 0 Å². The zero-order valence-electron chi connectivity index (χ0n) is 13.7. The third kappa shape index (κ3) is 2.01. The van der Waals surface area contributed by atoms with Gasteiger partial charge >= 0.3 is 0 Å². The Bertz CT molecular complexity index is 1120. The molecule has 0 bridgehead atoms. The Kier molecular flexibility index (Phi) is 3.37. The van der Waals surface area contributed by atoms with E-state index in [0.29, 0.717) is 16.6 Å². The van der Waals surface area contributed by atoms with Crippen molar-refractivity contribution >= 4 is 40.2 Å². The van der Waals surface area contributed by atoms with E-state index in [1.54, 1.807) is 23.9 Å². The van der Waals surface area contributed by atoms with E-state index < -0.39 is 17.4 Å². The minimum atomic E-state index is -2.06. The fourth-order valence-corrected chi connectivity index (χ4v) is 3.74. The molecule has 2 aromatic carbocycles. The lowest BCUT2D eigenvalue weighted by molar-refractivity contribution is 0.0479. The number of rotatable bonds is 2. The van der Waals surface area contributed by atoms with Gasteiger partial charge in [-0.3, -0.25) is 9.48 Å². The highest BCUT2D eigenvalue weighted by Gasteiger charge is 2.47. The van der Waals surface area contributed by atoms with Gasteiger partial charge < -0.3 is 16.2 Å². The van der Waals surface area contributed by atoms with Crippen molar-refractivity contribution in [1.82, 2.24) is 15.1 Å². The lowest BCUT2D eigenvalue weighted by Gasteiger charge is -2.26. The molecule has 0 saturated carbocycles. The van der Waals surface area contributed by atoms with Crippen LogP contribution in [0.15, 0.2) is 30.8 Å². The zero-order chi connectivity index (χ0) is 18.8. The SMILES string of the molecule is C=Cc1c2cc(N)c3c(c2nn1C)C(=O)NC3(O)c1cc(F)ccc1Cl. The summed E-state index contributed by atoms with van der Waals surface area (Å²) < 4.78 is 15.3. The number of nitrogen functional groups attached to an aromatic ring is 1. The Balaban J connectivity index is 2.10. The molecule has 4 N–H and O–H groups in total. The van der Waals surface area contributed by atoms with Gasteiger partial charge in [0.2, 0.25) is 0 Å². The minimum Gasteiger partial charge on any atom is -0.398 e. The van der Waals surface area contributed by atoms with Crippen LogP contribution in [0.1, 0.15) is 27.2 Å². The summed E-state index contributed by atoms with van der Waals surface area (Å²) in [5, 5.41) is 18.8. The topological polar surface area (TPSA) is 93.2 Å². The van der Waals surface area contributed by atoms with Crippen molar-refractivity contribution in [3.05, 3.63) is 64.1 Å². The van der Waals surface area contributed by atoms with Gasteiger partial charge in [-0.25, -0.2) is 4.39 Å². The van der Waals surface area contributed by atoms with Crippen LogP contribution < -0.4 is 11.1 Å². The first-order valence-corrected chi connectivity index (χ1v) is 8.08. The molecule has 1 atom stereocenters. The number of benzene rings is 2. The molecule has 132 valence electrons. The van der Waals surface area contributed by atoms with Gasteiger partial charge in [-0.15, -0.1) is 0 Å². The molecule has 0 fully saturated rings. The molecule has 0 aliphatic carbocycles. The zero-order valence-corrected chi connectivity index (χ0v) is 14.4. The third-order valence-electron chi connectivity index (χ3n) is 4.60. The van der Waals surface area contributed by atoms with Crippen LogP contribution in [0.25, 0.3) is 17.0 Å². The van der Waals surface area contributed by atoms with Crippen molar-refractivity contribution in [1.29, 1.82) is 0 Å². The van der Waals surface area contributed by atoms with E-state index in [1.165, 1.54) is 6.07 Å². The van der Waals surface area contributed by atoms with E-state index in [9.17, 15) is 14.3 Å². The monoisotopic (exact) mass is 372 g/mol. The van der Waals surface area contributed by atoms with E-state index in [4.69, 9.17) is 17.3 Å². The number of aromatic nitrogens is 2. The summed E-state index contributed by atoms with van der Waals surface area (Å²) in [5.74, 6) is -1.18. The average molecular weight is 373 g/mol. The highest BCUT2D eigenvalue weighted by molar-refractivity contribution is 6.31. The fourth-order valence-electron chi connectivity index (χ4n) is 3.49. The molecule has 2 heterocycles. The largest absolute Gasteiger partial charge is 0.398 e. The summed E-state index contributed by atoms with van der Waals surface area (Å²) in [4.78, 5) is 12.7. The second-order valence-electron chi connectivity index (χ2n) is 6.11. The predicted octanol–water partition coefficient (Wildman–Crippen LogP) is 2.53. The molecule has 4 rings (SSSR count). The molecule has 0 saturated heterocycles. The number of nitrogens with one attached hydrogen (secondary N) is 1. The van der Waals surface area contributed by atoms with Gasteiger partial charge in [0.15, 0.2) is 5.72 Å². The van der Waals surface area contributed by atoms with Gasteiger partial charge in [0.1, 0.15) is 11.3 Å². The number of halogens is 2. The summed E-state index contributed by atoms with van der Waals surface area (Å²) >= 11 is 6.15. The van der Waals surface area contributed by atoms with Crippen molar-refractivity contribution in [2.75, 3.05) is 5.73 Å². The molecular formula is C18H14ClFN4O2. The van der Waals surface area contributed by atoms with Gasteiger partial charge in [0, 0.05) is 34.3 Å². The van der Waals surface area contributed by atoms with Gasteiger partial charge in [0.25, 0.3) is 5.91 Å². The number of hydrogen-bond acceptors (Lipinski definition) is 4.